The molecule has 0 spiro atoms. The van der Waals surface area contributed by atoms with Gasteiger partial charge in [-0.05, 0) is 18.2 Å². The Kier molecular flexibility index (Phi) is 6.12. The van der Waals surface area contributed by atoms with Crippen molar-refractivity contribution in [3.63, 3.8) is 0 Å². The average Bonchev–Trinajstić information content (AvgIpc) is 3.15. The van der Waals surface area contributed by atoms with E-state index >= 15 is 0 Å². The Balaban J connectivity index is 1.58. The molecule has 0 fully saturated rings. The number of aromatic nitrogens is 2. The SMILES string of the molecule is COc1cc(C(=O)Nc2nnc(CCOc3ccccc3)s2)ccc1[N+](=O)[O-]. The number of rotatable bonds is 8. The van der Waals surface area contributed by atoms with Crippen LogP contribution in [-0.4, -0.2) is 34.7 Å². The van der Waals surface area contributed by atoms with E-state index in [1.807, 2.05) is 30.3 Å². The van der Waals surface area contributed by atoms with Crippen molar-refractivity contribution in [3.8, 4) is 11.5 Å². The topological polar surface area (TPSA) is 116 Å². The van der Waals surface area contributed by atoms with Crippen LogP contribution < -0.4 is 14.8 Å². The number of nitro groups is 1. The zero-order valence-electron chi connectivity index (χ0n) is 14.8. The van der Waals surface area contributed by atoms with Crippen LogP contribution in [0.15, 0.2) is 48.5 Å². The number of para-hydroxylation sites is 1. The predicted molar refractivity (Wildman–Crippen MR) is 103 cm³/mol. The number of nitro benzene ring substituents is 1. The smallest absolute Gasteiger partial charge is 0.310 e. The van der Waals surface area contributed by atoms with Crippen molar-refractivity contribution in [2.75, 3.05) is 19.0 Å². The van der Waals surface area contributed by atoms with E-state index in [4.69, 9.17) is 9.47 Å². The molecule has 1 heterocycles. The van der Waals surface area contributed by atoms with E-state index in [9.17, 15) is 14.9 Å². The summed E-state index contributed by atoms with van der Waals surface area (Å²) in [4.78, 5) is 22.7. The summed E-state index contributed by atoms with van der Waals surface area (Å²) < 4.78 is 10.6. The second-order valence-electron chi connectivity index (χ2n) is 5.51. The minimum Gasteiger partial charge on any atom is -0.493 e. The lowest BCUT2D eigenvalue weighted by molar-refractivity contribution is -0.385. The molecule has 2 aromatic carbocycles. The van der Waals surface area contributed by atoms with Gasteiger partial charge in [0.1, 0.15) is 10.8 Å². The number of anilines is 1. The standard InChI is InChI=1S/C18H16N4O5S/c1-26-15-11-12(7-8-14(15)22(24)25)17(23)19-18-21-20-16(28-18)9-10-27-13-5-3-2-4-6-13/h2-8,11H,9-10H2,1H3,(H,19,21,23). The highest BCUT2D eigenvalue weighted by atomic mass is 32.1. The maximum Gasteiger partial charge on any atom is 0.310 e. The fourth-order valence-corrected chi connectivity index (χ4v) is 3.03. The first-order chi connectivity index (χ1) is 13.6. The van der Waals surface area contributed by atoms with Gasteiger partial charge in [-0.15, -0.1) is 10.2 Å². The van der Waals surface area contributed by atoms with Gasteiger partial charge in [-0.2, -0.15) is 0 Å². The molecule has 9 nitrogen and oxygen atoms in total. The van der Waals surface area contributed by atoms with E-state index in [1.165, 1.54) is 36.6 Å². The molecule has 0 saturated carbocycles. The minimum atomic E-state index is -0.574. The maximum absolute atomic E-state index is 12.3. The first-order valence-corrected chi connectivity index (χ1v) is 9.02. The van der Waals surface area contributed by atoms with Crippen molar-refractivity contribution >= 4 is 28.1 Å². The van der Waals surface area contributed by atoms with Gasteiger partial charge in [-0.1, -0.05) is 29.5 Å². The number of methoxy groups -OCH3 is 1. The first kappa shape index (κ1) is 19.2. The van der Waals surface area contributed by atoms with Gasteiger partial charge in [0.2, 0.25) is 5.13 Å². The van der Waals surface area contributed by atoms with Crippen molar-refractivity contribution in [1.82, 2.24) is 10.2 Å². The summed E-state index contributed by atoms with van der Waals surface area (Å²) in [6, 6.07) is 13.3. The molecule has 1 amide bonds. The fraction of sp³-hybridized carbons (Fsp3) is 0.167. The third-order valence-electron chi connectivity index (χ3n) is 3.65. The van der Waals surface area contributed by atoms with Crippen molar-refractivity contribution in [3.05, 3.63) is 69.2 Å². The van der Waals surface area contributed by atoms with Gasteiger partial charge < -0.3 is 9.47 Å². The van der Waals surface area contributed by atoms with Crippen LogP contribution in [0.4, 0.5) is 10.8 Å². The van der Waals surface area contributed by atoms with E-state index in [-0.39, 0.29) is 17.0 Å². The van der Waals surface area contributed by atoms with E-state index in [1.54, 1.807) is 0 Å². The summed E-state index contributed by atoms with van der Waals surface area (Å²) in [6.45, 7) is 0.437. The van der Waals surface area contributed by atoms with Crippen molar-refractivity contribution in [1.29, 1.82) is 0 Å². The van der Waals surface area contributed by atoms with Crippen molar-refractivity contribution in [2.24, 2.45) is 0 Å². The molecule has 1 aromatic heterocycles. The summed E-state index contributed by atoms with van der Waals surface area (Å²) in [5.74, 6) is 0.317. The van der Waals surface area contributed by atoms with Crippen LogP contribution in [0.25, 0.3) is 0 Å². The molecule has 3 aromatic rings. The third-order valence-corrected chi connectivity index (χ3v) is 4.55. The highest BCUT2D eigenvalue weighted by Crippen LogP contribution is 2.28. The van der Waals surface area contributed by atoms with Crippen LogP contribution in [0.3, 0.4) is 0 Å². The Morgan fingerprint density at radius 3 is 2.71 bits per heavy atom. The number of ether oxygens (including phenoxy) is 2. The summed E-state index contributed by atoms with van der Waals surface area (Å²) in [5.41, 5.74) is 0.00211. The quantitative estimate of drug-likeness (QED) is 0.455. The molecule has 0 radical (unpaired) electrons. The largest absolute Gasteiger partial charge is 0.493 e. The van der Waals surface area contributed by atoms with Crippen LogP contribution in [0.2, 0.25) is 0 Å². The van der Waals surface area contributed by atoms with Gasteiger partial charge in [0, 0.05) is 24.1 Å². The van der Waals surface area contributed by atoms with Crippen molar-refractivity contribution in [2.45, 2.75) is 6.42 Å². The molecule has 3 rings (SSSR count). The number of hydrogen-bond acceptors (Lipinski definition) is 8. The lowest BCUT2D eigenvalue weighted by atomic mass is 10.2. The number of nitrogens with one attached hydrogen (secondary N) is 1. The fourth-order valence-electron chi connectivity index (χ4n) is 2.32. The summed E-state index contributed by atoms with van der Waals surface area (Å²) in [5, 5.41) is 22.6. The Morgan fingerprint density at radius 2 is 2.00 bits per heavy atom. The lowest BCUT2D eigenvalue weighted by Crippen LogP contribution is -2.12. The highest BCUT2D eigenvalue weighted by molar-refractivity contribution is 7.15. The Morgan fingerprint density at radius 1 is 1.21 bits per heavy atom. The average molecular weight is 400 g/mol. The minimum absolute atomic E-state index is 0.00802. The number of benzene rings is 2. The van der Waals surface area contributed by atoms with E-state index < -0.39 is 10.8 Å². The second kappa shape index (κ2) is 8.91. The van der Waals surface area contributed by atoms with Gasteiger partial charge in [0.25, 0.3) is 5.91 Å². The zero-order valence-corrected chi connectivity index (χ0v) is 15.6. The molecule has 0 bridgehead atoms. The number of carbonyl (C=O) groups is 1. The van der Waals surface area contributed by atoms with Crippen LogP contribution in [-0.2, 0) is 6.42 Å². The normalized spacial score (nSPS) is 10.3. The summed E-state index contributed by atoms with van der Waals surface area (Å²) >= 11 is 1.24. The maximum atomic E-state index is 12.3. The summed E-state index contributed by atoms with van der Waals surface area (Å²) in [6.07, 6.45) is 0.549. The molecule has 144 valence electrons. The number of amides is 1. The van der Waals surface area contributed by atoms with Gasteiger partial charge >= 0.3 is 5.69 Å². The Labute approximate surface area is 164 Å². The third kappa shape index (κ3) is 4.80. The second-order valence-corrected chi connectivity index (χ2v) is 6.57. The van der Waals surface area contributed by atoms with Gasteiger partial charge in [-0.25, -0.2) is 0 Å². The number of hydrogen-bond donors (Lipinski definition) is 1. The van der Waals surface area contributed by atoms with Gasteiger partial charge in [0.05, 0.1) is 18.6 Å². The number of nitrogens with zero attached hydrogens (tertiary/aromatic N) is 3. The highest BCUT2D eigenvalue weighted by Gasteiger charge is 2.18. The molecule has 10 heteroatoms. The van der Waals surface area contributed by atoms with E-state index in [2.05, 4.69) is 15.5 Å². The molecule has 0 unspecified atom stereocenters. The molecule has 0 saturated heterocycles. The Bertz CT molecular complexity index is 977. The first-order valence-electron chi connectivity index (χ1n) is 8.21. The molecule has 0 aliphatic heterocycles. The molecular weight excluding hydrogens is 384 g/mol. The van der Waals surface area contributed by atoms with Gasteiger partial charge in [0.15, 0.2) is 5.75 Å². The molecule has 28 heavy (non-hydrogen) atoms. The van der Waals surface area contributed by atoms with Crippen LogP contribution >= 0.6 is 11.3 Å². The van der Waals surface area contributed by atoms with Gasteiger partial charge in [-0.3, -0.25) is 20.2 Å². The Hall–Kier alpha value is -3.53. The molecular formula is C18H16N4O5S. The molecule has 0 aliphatic carbocycles. The zero-order chi connectivity index (χ0) is 19.9. The predicted octanol–water partition coefficient (Wildman–Crippen LogP) is 3.33. The van der Waals surface area contributed by atoms with E-state index in [0.29, 0.717) is 23.2 Å². The molecule has 0 aliphatic rings. The molecule has 1 N–H and O–H groups in total. The lowest BCUT2D eigenvalue weighted by Gasteiger charge is -2.05. The van der Waals surface area contributed by atoms with Crippen LogP contribution in [0.1, 0.15) is 15.4 Å². The van der Waals surface area contributed by atoms with Crippen LogP contribution in [0, 0.1) is 10.1 Å². The van der Waals surface area contributed by atoms with E-state index in [0.717, 1.165) is 5.75 Å². The number of carbonyl (C=O) groups excluding carboxylic acids is 1. The monoisotopic (exact) mass is 400 g/mol. The van der Waals surface area contributed by atoms with Crippen molar-refractivity contribution < 1.29 is 19.2 Å². The van der Waals surface area contributed by atoms with Crippen LogP contribution in [0.5, 0.6) is 11.5 Å². The summed E-state index contributed by atoms with van der Waals surface area (Å²) in [7, 11) is 1.30. The molecule has 0 atom stereocenters.